The zero-order valence-electron chi connectivity index (χ0n) is 35.9. The van der Waals surface area contributed by atoms with Crippen molar-refractivity contribution in [1.82, 2.24) is 44.6 Å². The molecule has 0 radical (unpaired) electrons. The summed E-state index contributed by atoms with van der Waals surface area (Å²) in [5, 5.41) is 31.3. The first-order chi connectivity index (χ1) is 30.4. The molecule has 3 aromatic heterocycles. The highest BCUT2D eigenvalue weighted by Gasteiger charge is 2.28. The normalized spacial score (nSPS) is 14.1. The fourth-order valence-electron chi connectivity index (χ4n) is 6.95. The van der Waals surface area contributed by atoms with Gasteiger partial charge in [0.2, 0.25) is 17.8 Å². The van der Waals surface area contributed by atoms with Gasteiger partial charge in [0.15, 0.2) is 5.82 Å². The number of carboxylic acids is 2. The number of nitrogens with zero attached hydrogens (tertiary/aromatic N) is 8. The molecule has 22 heteroatoms. The summed E-state index contributed by atoms with van der Waals surface area (Å²) in [6, 6.07) is 6.87. The van der Waals surface area contributed by atoms with Gasteiger partial charge in [0, 0.05) is 56.3 Å². The molecule has 0 spiro atoms. The molecule has 0 saturated carbocycles. The highest BCUT2D eigenvalue weighted by molar-refractivity contribution is 8.00. The topological polar surface area (TPSA) is 280 Å². The second-order valence-electron chi connectivity index (χ2n) is 15.1. The van der Waals surface area contributed by atoms with Gasteiger partial charge in [0.05, 0.1) is 83.5 Å². The Hall–Kier alpha value is -5.55. The predicted molar refractivity (Wildman–Crippen MR) is 236 cm³/mol. The minimum absolute atomic E-state index is 0.0632. The molecule has 5 rings (SSSR count). The quantitative estimate of drug-likeness (QED) is 0.0442. The molecule has 344 valence electrons. The lowest BCUT2D eigenvalue weighted by atomic mass is 10.1. The lowest BCUT2D eigenvalue weighted by Crippen LogP contribution is -2.48. The third kappa shape index (κ3) is 15.3. The Bertz CT molecular complexity index is 2110. The van der Waals surface area contributed by atoms with E-state index < -0.39 is 35.6 Å². The van der Waals surface area contributed by atoms with E-state index in [1.165, 1.54) is 0 Å². The molecule has 4 heterocycles. The number of carbonyl (C=O) groups excluding carboxylic acids is 2. The number of nitrogen functional groups attached to an aromatic ring is 1. The zero-order chi connectivity index (χ0) is 45.1. The minimum Gasteiger partial charge on any atom is -0.496 e. The first-order valence-corrected chi connectivity index (χ1v) is 22.1. The smallest absolute Gasteiger partial charge is 0.321 e. The lowest BCUT2D eigenvalue weighted by molar-refractivity contribution is -0.140. The van der Waals surface area contributed by atoms with Gasteiger partial charge in [-0.25, -0.2) is 9.67 Å². The second-order valence-corrected chi connectivity index (χ2v) is 16.3. The van der Waals surface area contributed by atoms with Crippen LogP contribution >= 0.6 is 11.8 Å². The van der Waals surface area contributed by atoms with Crippen LogP contribution in [0.1, 0.15) is 55.8 Å². The fraction of sp³-hybridized carbons (Fsp3) is 0.561. The van der Waals surface area contributed by atoms with Crippen molar-refractivity contribution in [2.24, 2.45) is 5.73 Å². The molecular weight excluding hydrogens is 837 g/mol. The molecule has 1 aromatic carbocycles. The van der Waals surface area contributed by atoms with E-state index in [0.29, 0.717) is 64.7 Å². The number of anilines is 2. The van der Waals surface area contributed by atoms with E-state index in [2.05, 4.69) is 65.5 Å². The average Bonchev–Trinajstić information content (AvgIpc) is 3.90. The van der Waals surface area contributed by atoms with E-state index in [1.54, 1.807) is 18.0 Å². The number of unbranched alkanes of at least 4 members (excludes halogenated alkanes) is 2. The summed E-state index contributed by atoms with van der Waals surface area (Å²) < 4.78 is 20.8. The number of aliphatic carboxylic acids is 2. The number of piperazine rings is 1. The maximum absolute atomic E-state index is 12.9. The number of carboxylic acid groups (broad SMARTS) is 2. The number of hydrogen-bond donors (Lipinski definition) is 6. The van der Waals surface area contributed by atoms with Gasteiger partial charge in [-0.15, -0.1) is 16.9 Å². The molecule has 2 atom stereocenters. The average molecular weight is 897 g/mol. The van der Waals surface area contributed by atoms with Gasteiger partial charge in [-0.2, -0.15) is 4.98 Å². The van der Waals surface area contributed by atoms with Crippen LogP contribution in [-0.2, 0) is 54.8 Å². The van der Waals surface area contributed by atoms with Crippen molar-refractivity contribution in [3.05, 3.63) is 53.5 Å². The molecule has 4 aromatic rings. The van der Waals surface area contributed by atoms with Crippen LogP contribution in [-0.4, -0.2) is 157 Å². The van der Waals surface area contributed by atoms with E-state index in [-0.39, 0.29) is 24.2 Å². The summed E-state index contributed by atoms with van der Waals surface area (Å²) in [4.78, 5) is 60.5. The van der Waals surface area contributed by atoms with Crippen LogP contribution < -0.4 is 26.8 Å². The number of nitrogens with one attached hydrogen (secondary N) is 2. The Morgan fingerprint density at radius 1 is 0.984 bits per heavy atom. The van der Waals surface area contributed by atoms with Crippen molar-refractivity contribution >= 4 is 58.3 Å². The van der Waals surface area contributed by atoms with E-state index in [1.807, 2.05) is 17.2 Å². The lowest BCUT2D eigenvalue weighted by Gasteiger charge is -2.35. The molecule has 0 aliphatic carbocycles. The van der Waals surface area contributed by atoms with Gasteiger partial charge in [0.1, 0.15) is 23.0 Å². The number of thioether (sulfide) groups is 1. The van der Waals surface area contributed by atoms with Crippen LogP contribution in [0, 0.1) is 0 Å². The van der Waals surface area contributed by atoms with E-state index in [4.69, 9.17) is 35.9 Å². The number of methoxy groups -OCH3 is 1. The Balaban J connectivity index is 0.935. The SMILES string of the molecule is CCCCCNc1nc(N)nc2ccn(Cc3ccc(CN4CCN(C(=O)CCOCCOCCn5cc(CNC(=O)CSC(CC(=O)O)[C@H](N)C(=O)O)nn5)CC4)cc3OC)c12. The van der Waals surface area contributed by atoms with Gasteiger partial charge in [-0.1, -0.05) is 37.1 Å². The summed E-state index contributed by atoms with van der Waals surface area (Å²) in [6.07, 6.45) is 6.80. The summed E-state index contributed by atoms with van der Waals surface area (Å²) >= 11 is 0.871. The third-order valence-corrected chi connectivity index (χ3v) is 11.7. The van der Waals surface area contributed by atoms with Crippen molar-refractivity contribution < 1.29 is 43.6 Å². The first-order valence-electron chi connectivity index (χ1n) is 21.1. The predicted octanol–water partition coefficient (Wildman–Crippen LogP) is 1.64. The van der Waals surface area contributed by atoms with Crippen molar-refractivity contribution in [1.29, 1.82) is 0 Å². The summed E-state index contributed by atoms with van der Waals surface area (Å²) in [7, 11) is 1.69. The largest absolute Gasteiger partial charge is 0.496 e. The fourth-order valence-corrected chi connectivity index (χ4v) is 8.00. The molecule has 1 aliphatic heterocycles. The third-order valence-electron chi connectivity index (χ3n) is 10.4. The van der Waals surface area contributed by atoms with Crippen LogP contribution in [0.15, 0.2) is 36.7 Å². The molecule has 1 fully saturated rings. The first kappa shape index (κ1) is 48.5. The zero-order valence-corrected chi connectivity index (χ0v) is 36.8. The van der Waals surface area contributed by atoms with Crippen molar-refractivity contribution in [2.45, 2.75) is 76.5 Å². The van der Waals surface area contributed by atoms with Crippen LogP contribution in [0.4, 0.5) is 11.8 Å². The Morgan fingerprint density at radius 3 is 2.49 bits per heavy atom. The van der Waals surface area contributed by atoms with Crippen molar-refractivity contribution in [3.8, 4) is 5.75 Å². The molecule has 0 bridgehead atoms. The van der Waals surface area contributed by atoms with Crippen LogP contribution in [0.5, 0.6) is 5.75 Å². The highest BCUT2D eigenvalue weighted by Crippen LogP contribution is 2.28. The van der Waals surface area contributed by atoms with E-state index in [0.717, 1.165) is 90.9 Å². The molecule has 8 N–H and O–H groups in total. The van der Waals surface area contributed by atoms with E-state index >= 15 is 0 Å². The highest BCUT2D eigenvalue weighted by atomic mass is 32.2. The molecule has 1 unspecified atom stereocenters. The second kappa shape index (κ2) is 24.9. The Morgan fingerprint density at radius 2 is 1.76 bits per heavy atom. The number of fused-ring (bicyclic) bond motifs is 1. The van der Waals surface area contributed by atoms with Gasteiger partial charge in [-0.05, 0) is 24.1 Å². The molecule has 1 saturated heterocycles. The number of hydrogen-bond acceptors (Lipinski definition) is 16. The van der Waals surface area contributed by atoms with E-state index in [9.17, 15) is 19.2 Å². The van der Waals surface area contributed by atoms with Gasteiger partial charge >= 0.3 is 11.9 Å². The number of aromatic nitrogens is 6. The van der Waals surface area contributed by atoms with Crippen molar-refractivity contribution in [2.75, 3.05) is 83.1 Å². The standard InChI is InChI=1S/C41H60N12O9S/c1-3-4-5-10-44-39-38-31(46-41(43)47-39)8-11-52(38)25-29-7-6-28(21-32(29)60-2)24-50-12-14-51(15-13-50)35(55)9-17-61-19-20-62-18-16-53-26-30(48-49-53)23-45-34(54)27-63-33(22-36(56)57)37(42)40(58)59/h6-8,11,21,26,33,37H,3-5,9-10,12-20,22-25,27,42H2,1-2H3,(H,45,54)(H,56,57)(H,58,59)(H3,43,44,46,47)/t33?,37-/m0/s1. The maximum atomic E-state index is 12.9. The van der Waals surface area contributed by atoms with Gasteiger partial charge < -0.3 is 56.0 Å². The molecule has 63 heavy (non-hydrogen) atoms. The molecular formula is C41H60N12O9S. The molecule has 21 nitrogen and oxygen atoms in total. The van der Waals surface area contributed by atoms with Crippen LogP contribution in [0.2, 0.25) is 0 Å². The van der Waals surface area contributed by atoms with Crippen LogP contribution in [0.3, 0.4) is 0 Å². The van der Waals surface area contributed by atoms with Crippen LogP contribution in [0.25, 0.3) is 11.0 Å². The Kier molecular flexibility index (Phi) is 19.2. The number of nitrogens with two attached hydrogens (primary N) is 2. The molecule has 1 aliphatic rings. The number of benzene rings is 1. The maximum Gasteiger partial charge on any atom is 0.321 e. The van der Waals surface area contributed by atoms with Gasteiger partial charge in [-0.3, -0.25) is 24.1 Å². The van der Waals surface area contributed by atoms with Crippen molar-refractivity contribution in [3.63, 3.8) is 0 Å². The number of amides is 2. The number of carbonyl (C=O) groups is 4. The summed E-state index contributed by atoms with van der Waals surface area (Å²) in [5.41, 5.74) is 16.0. The Labute approximate surface area is 370 Å². The monoisotopic (exact) mass is 896 g/mol. The van der Waals surface area contributed by atoms with Gasteiger partial charge in [0.25, 0.3) is 0 Å². The summed E-state index contributed by atoms with van der Waals surface area (Å²) in [5.74, 6) is -1.28. The molecule has 2 amide bonds. The number of rotatable bonds is 28. The number of ether oxygens (including phenoxy) is 3. The summed E-state index contributed by atoms with van der Waals surface area (Å²) in [6.45, 7) is 8.97. The minimum atomic E-state index is -1.41.